The summed E-state index contributed by atoms with van der Waals surface area (Å²) < 4.78 is 18.2. The van der Waals surface area contributed by atoms with Crippen LogP contribution in [0.2, 0.25) is 0 Å². The molecule has 84 valence electrons. The van der Waals surface area contributed by atoms with Crippen molar-refractivity contribution in [1.82, 2.24) is 5.32 Å². The predicted octanol–water partition coefficient (Wildman–Crippen LogP) is 1.48. The smallest absolute Gasteiger partial charge is 0.165 e. The molecule has 0 saturated heterocycles. The van der Waals surface area contributed by atoms with E-state index < -0.39 is 0 Å². The number of ether oxygens (including phenoxy) is 1. The van der Waals surface area contributed by atoms with Crippen LogP contribution >= 0.6 is 0 Å². The molecule has 0 radical (unpaired) electrons. The van der Waals surface area contributed by atoms with E-state index in [0.717, 1.165) is 5.56 Å². The third kappa shape index (κ3) is 3.18. The van der Waals surface area contributed by atoms with Gasteiger partial charge in [-0.15, -0.1) is 0 Å². The lowest BCUT2D eigenvalue weighted by Gasteiger charge is -2.14. The van der Waals surface area contributed by atoms with Gasteiger partial charge in [0, 0.05) is 12.6 Å². The van der Waals surface area contributed by atoms with Crippen molar-refractivity contribution in [2.24, 2.45) is 0 Å². The van der Waals surface area contributed by atoms with Gasteiger partial charge in [0.25, 0.3) is 0 Å². The Morgan fingerprint density at radius 3 is 2.80 bits per heavy atom. The van der Waals surface area contributed by atoms with Crippen molar-refractivity contribution in [2.45, 2.75) is 13.0 Å². The third-order valence-corrected chi connectivity index (χ3v) is 2.24. The number of nitrogens with one attached hydrogen (secondary N) is 1. The number of aliphatic hydroxyl groups excluding tert-OH is 1. The first-order valence-electron chi connectivity index (χ1n) is 4.86. The van der Waals surface area contributed by atoms with Crippen LogP contribution < -0.4 is 10.1 Å². The molecule has 0 aromatic heterocycles. The quantitative estimate of drug-likeness (QED) is 0.778. The second-order valence-corrected chi connectivity index (χ2v) is 3.29. The van der Waals surface area contributed by atoms with Gasteiger partial charge in [-0.3, -0.25) is 0 Å². The summed E-state index contributed by atoms with van der Waals surface area (Å²) in [4.78, 5) is 0. The van der Waals surface area contributed by atoms with E-state index >= 15 is 0 Å². The number of aliphatic hydroxyl groups is 1. The molecule has 0 heterocycles. The van der Waals surface area contributed by atoms with Crippen molar-refractivity contribution in [1.29, 1.82) is 0 Å². The SMILES string of the molecule is COc1ccc([C@H](C)NCCO)cc1F. The Hall–Kier alpha value is -1.13. The Morgan fingerprint density at radius 1 is 1.53 bits per heavy atom. The highest BCUT2D eigenvalue weighted by atomic mass is 19.1. The molecular weight excluding hydrogens is 197 g/mol. The lowest BCUT2D eigenvalue weighted by atomic mass is 10.1. The Balaban J connectivity index is 2.73. The van der Waals surface area contributed by atoms with Crippen molar-refractivity contribution in [2.75, 3.05) is 20.3 Å². The maximum atomic E-state index is 13.3. The first-order valence-corrected chi connectivity index (χ1v) is 4.86. The summed E-state index contributed by atoms with van der Waals surface area (Å²) in [5.41, 5.74) is 0.835. The van der Waals surface area contributed by atoms with Gasteiger partial charge in [-0.1, -0.05) is 6.07 Å². The van der Waals surface area contributed by atoms with Crippen LogP contribution in [-0.2, 0) is 0 Å². The largest absolute Gasteiger partial charge is 0.494 e. The molecule has 1 atom stereocenters. The highest BCUT2D eigenvalue weighted by Crippen LogP contribution is 2.21. The Bertz CT molecular complexity index is 317. The molecule has 1 aromatic carbocycles. The fourth-order valence-electron chi connectivity index (χ4n) is 1.35. The van der Waals surface area contributed by atoms with Gasteiger partial charge >= 0.3 is 0 Å². The zero-order chi connectivity index (χ0) is 11.3. The van der Waals surface area contributed by atoms with E-state index in [0.29, 0.717) is 6.54 Å². The van der Waals surface area contributed by atoms with Gasteiger partial charge in [-0.25, -0.2) is 4.39 Å². The number of methoxy groups -OCH3 is 1. The molecule has 0 amide bonds. The molecule has 4 heteroatoms. The number of hydrogen-bond acceptors (Lipinski definition) is 3. The molecule has 3 nitrogen and oxygen atoms in total. The van der Waals surface area contributed by atoms with Gasteiger partial charge in [0.05, 0.1) is 13.7 Å². The summed E-state index contributed by atoms with van der Waals surface area (Å²) in [6.45, 7) is 2.48. The third-order valence-electron chi connectivity index (χ3n) is 2.24. The van der Waals surface area contributed by atoms with Crippen LogP contribution in [-0.4, -0.2) is 25.4 Å². The van der Waals surface area contributed by atoms with Gasteiger partial charge in [-0.05, 0) is 24.6 Å². The van der Waals surface area contributed by atoms with Crippen LogP contribution in [0.25, 0.3) is 0 Å². The van der Waals surface area contributed by atoms with Crippen LogP contribution in [0.1, 0.15) is 18.5 Å². The summed E-state index contributed by atoms with van der Waals surface area (Å²) in [7, 11) is 1.44. The van der Waals surface area contributed by atoms with Crippen molar-refractivity contribution in [3.8, 4) is 5.75 Å². The molecule has 0 bridgehead atoms. The molecule has 0 aliphatic carbocycles. The van der Waals surface area contributed by atoms with Crippen LogP contribution in [0, 0.1) is 5.82 Å². The summed E-state index contributed by atoms with van der Waals surface area (Å²) in [5.74, 6) is -0.124. The summed E-state index contributed by atoms with van der Waals surface area (Å²) in [6, 6.07) is 4.85. The summed E-state index contributed by atoms with van der Waals surface area (Å²) in [5, 5.41) is 11.7. The highest BCUT2D eigenvalue weighted by Gasteiger charge is 2.08. The van der Waals surface area contributed by atoms with Gasteiger partial charge in [0.2, 0.25) is 0 Å². The standard InChI is InChI=1S/C11H16FNO2/c1-8(13-5-6-14)9-3-4-11(15-2)10(12)7-9/h3-4,7-8,13-14H,5-6H2,1-2H3/t8-/m0/s1. The Labute approximate surface area is 88.9 Å². The molecule has 0 aliphatic rings. The topological polar surface area (TPSA) is 41.5 Å². The number of halogens is 1. The average Bonchev–Trinajstić information content (AvgIpc) is 2.25. The van der Waals surface area contributed by atoms with E-state index in [1.807, 2.05) is 6.92 Å². The Morgan fingerprint density at radius 2 is 2.27 bits per heavy atom. The van der Waals surface area contributed by atoms with E-state index in [9.17, 15) is 4.39 Å². The fourth-order valence-corrected chi connectivity index (χ4v) is 1.35. The number of rotatable bonds is 5. The van der Waals surface area contributed by atoms with Crippen molar-refractivity contribution in [3.63, 3.8) is 0 Å². The molecule has 0 fully saturated rings. The van der Waals surface area contributed by atoms with Gasteiger partial charge in [0.15, 0.2) is 11.6 Å². The lowest BCUT2D eigenvalue weighted by Crippen LogP contribution is -2.22. The maximum absolute atomic E-state index is 13.3. The minimum absolute atomic E-state index is 0.0116. The van der Waals surface area contributed by atoms with E-state index in [-0.39, 0.29) is 24.2 Å². The number of hydrogen-bond donors (Lipinski definition) is 2. The van der Waals surface area contributed by atoms with Gasteiger partial charge < -0.3 is 15.2 Å². The second-order valence-electron chi connectivity index (χ2n) is 3.29. The van der Waals surface area contributed by atoms with Crippen molar-refractivity contribution >= 4 is 0 Å². The first kappa shape index (κ1) is 11.9. The molecular formula is C11H16FNO2. The van der Waals surface area contributed by atoms with Crippen LogP contribution in [0.15, 0.2) is 18.2 Å². The lowest BCUT2D eigenvalue weighted by molar-refractivity contribution is 0.286. The normalized spacial score (nSPS) is 12.5. The van der Waals surface area contributed by atoms with E-state index in [1.54, 1.807) is 12.1 Å². The molecule has 2 N–H and O–H groups in total. The number of benzene rings is 1. The van der Waals surface area contributed by atoms with E-state index in [2.05, 4.69) is 5.32 Å². The van der Waals surface area contributed by atoms with E-state index in [1.165, 1.54) is 13.2 Å². The average molecular weight is 213 g/mol. The minimum atomic E-state index is -0.368. The second kappa shape index (κ2) is 5.68. The molecule has 0 aliphatic heterocycles. The Kier molecular flexibility index (Phi) is 4.52. The zero-order valence-corrected chi connectivity index (χ0v) is 8.96. The van der Waals surface area contributed by atoms with Crippen LogP contribution in [0.4, 0.5) is 4.39 Å². The minimum Gasteiger partial charge on any atom is -0.494 e. The molecule has 0 unspecified atom stereocenters. The van der Waals surface area contributed by atoms with Crippen molar-refractivity contribution < 1.29 is 14.2 Å². The fraction of sp³-hybridized carbons (Fsp3) is 0.455. The molecule has 1 rings (SSSR count). The van der Waals surface area contributed by atoms with Crippen LogP contribution in [0.5, 0.6) is 5.75 Å². The summed E-state index contributed by atoms with van der Waals surface area (Å²) >= 11 is 0. The zero-order valence-electron chi connectivity index (χ0n) is 8.96. The van der Waals surface area contributed by atoms with Gasteiger partial charge in [0.1, 0.15) is 0 Å². The molecule has 0 spiro atoms. The molecule has 0 saturated carbocycles. The molecule has 15 heavy (non-hydrogen) atoms. The maximum Gasteiger partial charge on any atom is 0.165 e. The van der Waals surface area contributed by atoms with Crippen LogP contribution in [0.3, 0.4) is 0 Å². The van der Waals surface area contributed by atoms with Crippen molar-refractivity contribution in [3.05, 3.63) is 29.6 Å². The monoisotopic (exact) mass is 213 g/mol. The first-order chi connectivity index (χ1) is 7.19. The van der Waals surface area contributed by atoms with Gasteiger partial charge in [-0.2, -0.15) is 0 Å². The van der Waals surface area contributed by atoms with E-state index in [4.69, 9.17) is 9.84 Å². The highest BCUT2D eigenvalue weighted by molar-refractivity contribution is 5.30. The summed E-state index contributed by atoms with van der Waals surface area (Å²) in [6.07, 6.45) is 0. The molecule has 1 aromatic rings. The predicted molar refractivity (Wildman–Crippen MR) is 56.5 cm³/mol.